The second-order valence-corrected chi connectivity index (χ2v) is 5.08. The Balaban J connectivity index is 2.18. The van der Waals surface area contributed by atoms with Gasteiger partial charge in [-0.3, -0.25) is 4.68 Å². The van der Waals surface area contributed by atoms with Gasteiger partial charge < -0.3 is 5.73 Å². The molecule has 0 bridgehead atoms. The van der Waals surface area contributed by atoms with E-state index in [0.717, 1.165) is 16.6 Å². The standard InChI is InChI=1S/C10H12BrN3S/c1-14-10(8(11)5-13-14)9(12)4-7-2-3-15-6-7/h2-3,5-6,9H,4,12H2,1H3. The average molecular weight is 286 g/mol. The summed E-state index contributed by atoms with van der Waals surface area (Å²) in [7, 11) is 1.91. The van der Waals surface area contributed by atoms with Crippen LogP contribution in [-0.4, -0.2) is 9.78 Å². The monoisotopic (exact) mass is 285 g/mol. The molecule has 0 aliphatic heterocycles. The first-order valence-electron chi connectivity index (χ1n) is 4.62. The van der Waals surface area contributed by atoms with Gasteiger partial charge in [-0.15, -0.1) is 0 Å². The largest absolute Gasteiger partial charge is 0.322 e. The Morgan fingerprint density at radius 1 is 1.67 bits per heavy atom. The Morgan fingerprint density at radius 3 is 3.00 bits per heavy atom. The minimum Gasteiger partial charge on any atom is -0.322 e. The van der Waals surface area contributed by atoms with Crippen LogP contribution in [0.5, 0.6) is 0 Å². The molecule has 0 aliphatic carbocycles. The summed E-state index contributed by atoms with van der Waals surface area (Å²) in [6.45, 7) is 0. The van der Waals surface area contributed by atoms with E-state index in [1.54, 1.807) is 17.5 Å². The molecule has 0 aromatic carbocycles. The maximum absolute atomic E-state index is 6.15. The zero-order valence-corrected chi connectivity index (χ0v) is 10.8. The lowest BCUT2D eigenvalue weighted by Crippen LogP contribution is -2.17. The van der Waals surface area contributed by atoms with Crippen molar-refractivity contribution in [2.45, 2.75) is 12.5 Å². The summed E-state index contributed by atoms with van der Waals surface area (Å²) in [5, 5.41) is 8.36. The third kappa shape index (κ3) is 2.30. The first-order valence-corrected chi connectivity index (χ1v) is 6.36. The molecule has 0 saturated heterocycles. The number of nitrogens with zero attached hydrogens (tertiary/aromatic N) is 2. The molecule has 15 heavy (non-hydrogen) atoms. The molecule has 0 aliphatic rings. The Hall–Kier alpha value is -0.650. The molecule has 0 fully saturated rings. The number of halogens is 1. The van der Waals surface area contributed by atoms with Crippen molar-refractivity contribution in [3.05, 3.63) is 38.8 Å². The maximum atomic E-state index is 6.15. The number of hydrogen-bond acceptors (Lipinski definition) is 3. The summed E-state index contributed by atoms with van der Waals surface area (Å²) < 4.78 is 2.80. The first kappa shape index (κ1) is 10.9. The van der Waals surface area contributed by atoms with E-state index in [1.165, 1.54) is 5.56 Å². The molecule has 80 valence electrons. The molecular formula is C10H12BrN3S. The highest BCUT2D eigenvalue weighted by atomic mass is 79.9. The van der Waals surface area contributed by atoms with Crippen molar-refractivity contribution in [1.29, 1.82) is 0 Å². The fraction of sp³-hybridized carbons (Fsp3) is 0.300. The predicted octanol–water partition coefficient (Wildman–Crippen LogP) is 2.49. The van der Waals surface area contributed by atoms with Crippen LogP contribution in [0.3, 0.4) is 0 Å². The molecule has 0 radical (unpaired) electrons. The van der Waals surface area contributed by atoms with Crippen LogP contribution in [0, 0.1) is 0 Å². The highest BCUT2D eigenvalue weighted by molar-refractivity contribution is 9.10. The van der Waals surface area contributed by atoms with Crippen molar-refractivity contribution in [3.8, 4) is 0 Å². The topological polar surface area (TPSA) is 43.8 Å². The van der Waals surface area contributed by atoms with E-state index in [-0.39, 0.29) is 6.04 Å². The van der Waals surface area contributed by atoms with Gasteiger partial charge in [0, 0.05) is 7.05 Å². The zero-order chi connectivity index (χ0) is 10.8. The molecule has 0 saturated carbocycles. The molecule has 2 heterocycles. The minimum atomic E-state index is -0.0125. The second-order valence-electron chi connectivity index (χ2n) is 3.44. The molecule has 2 aromatic rings. The average Bonchev–Trinajstić information content (AvgIpc) is 2.77. The van der Waals surface area contributed by atoms with Gasteiger partial charge in [0.1, 0.15) is 0 Å². The third-order valence-corrected chi connectivity index (χ3v) is 3.67. The van der Waals surface area contributed by atoms with Gasteiger partial charge in [-0.25, -0.2) is 0 Å². The zero-order valence-electron chi connectivity index (χ0n) is 8.35. The number of thiophene rings is 1. The summed E-state index contributed by atoms with van der Waals surface area (Å²) in [5.41, 5.74) is 8.47. The van der Waals surface area contributed by atoms with E-state index in [1.807, 2.05) is 11.7 Å². The van der Waals surface area contributed by atoms with E-state index in [2.05, 4.69) is 37.9 Å². The molecule has 2 aromatic heterocycles. The third-order valence-electron chi connectivity index (χ3n) is 2.32. The van der Waals surface area contributed by atoms with Crippen molar-refractivity contribution < 1.29 is 0 Å². The van der Waals surface area contributed by atoms with Gasteiger partial charge >= 0.3 is 0 Å². The number of aromatic nitrogens is 2. The van der Waals surface area contributed by atoms with Gasteiger partial charge in [0.15, 0.2) is 0 Å². The molecule has 1 unspecified atom stereocenters. The SMILES string of the molecule is Cn1ncc(Br)c1C(N)Cc1ccsc1. The number of nitrogens with two attached hydrogens (primary N) is 1. The van der Waals surface area contributed by atoms with Crippen molar-refractivity contribution >= 4 is 27.3 Å². The molecule has 2 rings (SSSR count). The predicted molar refractivity (Wildman–Crippen MR) is 65.9 cm³/mol. The van der Waals surface area contributed by atoms with Gasteiger partial charge in [-0.05, 0) is 44.7 Å². The smallest absolute Gasteiger partial charge is 0.0693 e. The van der Waals surface area contributed by atoms with Gasteiger partial charge in [-0.1, -0.05) is 0 Å². The lowest BCUT2D eigenvalue weighted by molar-refractivity contribution is 0.615. The summed E-state index contributed by atoms with van der Waals surface area (Å²) >= 11 is 5.16. The van der Waals surface area contributed by atoms with Crippen LogP contribution < -0.4 is 5.73 Å². The Bertz CT molecular complexity index is 416. The van der Waals surface area contributed by atoms with E-state index in [9.17, 15) is 0 Å². The van der Waals surface area contributed by atoms with Crippen LogP contribution in [0.2, 0.25) is 0 Å². The Kier molecular flexibility index (Phi) is 3.23. The van der Waals surface area contributed by atoms with Crippen LogP contribution in [-0.2, 0) is 13.5 Å². The number of hydrogen-bond donors (Lipinski definition) is 1. The van der Waals surface area contributed by atoms with E-state index in [4.69, 9.17) is 5.73 Å². The quantitative estimate of drug-likeness (QED) is 0.942. The highest BCUT2D eigenvalue weighted by Gasteiger charge is 2.15. The minimum absolute atomic E-state index is 0.0125. The first-order chi connectivity index (χ1) is 7.18. The van der Waals surface area contributed by atoms with Crippen LogP contribution in [0.1, 0.15) is 17.3 Å². The summed E-state index contributed by atoms with van der Waals surface area (Å²) in [5.74, 6) is 0. The summed E-state index contributed by atoms with van der Waals surface area (Å²) in [4.78, 5) is 0. The fourth-order valence-electron chi connectivity index (χ4n) is 1.60. The summed E-state index contributed by atoms with van der Waals surface area (Å²) in [6.07, 6.45) is 2.63. The van der Waals surface area contributed by atoms with Crippen LogP contribution in [0.25, 0.3) is 0 Å². The van der Waals surface area contributed by atoms with Crippen LogP contribution >= 0.6 is 27.3 Å². The summed E-state index contributed by atoms with van der Waals surface area (Å²) in [6, 6.07) is 2.09. The van der Waals surface area contributed by atoms with Gasteiger partial charge in [0.25, 0.3) is 0 Å². The lowest BCUT2D eigenvalue weighted by atomic mass is 10.1. The molecule has 1 atom stereocenters. The van der Waals surface area contributed by atoms with Crippen LogP contribution in [0.4, 0.5) is 0 Å². The maximum Gasteiger partial charge on any atom is 0.0693 e. The lowest BCUT2D eigenvalue weighted by Gasteiger charge is -2.11. The van der Waals surface area contributed by atoms with E-state index in [0.29, 0.717) is 0 Å². The van der Waals surface area contributed by atoms with Gasteiger partial charge in [0.05, 0.1) is 22.4 Å². The number of rotatable bonds is 3. The van der Waals surface area contributed by atoms with Gasteiger partial charge in [0.2, 0.25) is 0 Å². The Morgan fingerprint density at radius 2 is 2.47 bits per heavy atom. The molecule has 0 amide bonds. The van der Waals surface area contributed by atoms with Crippen molar-refractivity contribution in [2.24, 2.45) is 12.8 Å². The van der Waals surface area contributed by atoms with Crippen molar-refractivity contribution in [3.63, 3.8) is 0 Å². The molecule has 0 spiro atoms. The van der Waals surface area contributed by atoms with E-state index >= 15 is 0 Å². The number of aryl methyl sites for hydroxylation is 1. The van der Waals surface area contributed by atoms with Gasteiger partial charge in [-0.2, -0.15) is 16.4 Å². The van der Waals surface area contributed by atoms with E-state index < -0.39 is 0 Å². The van der Waals surface area contributed by atoms with Crippen LogP contribution in [0.15, 0.2) is 27.5 Å². The highest BCUT2D eigenvalue weighted by Crippen LogP contribution is 2.24. The Labute approximate surface area is 101 Å². The van der Waals surface area contributed by atoms with Crippen molar-refractivity contribution in [2.75, 3.05) is 0 Å². The molecule has 2 N–H and O–H groups in total. The molecule has 5 heteroatoms. The fourth-order valence-corrected chi connectivity index (χ4v) is 2.92. The normalized spacial score (nSPS) is 13.0. The second kappa shape index (κ2) is 4.47. The molecule has 3 nitrogen and oxygen atoms in total. The molecular weight excluding hydrogens is 274 g/mol. The van der Waals surface area contributed by atoms with Crippen molar-refractivity contribution in [1.82, 2.24) is 9.78 Å².